The van der Waals surface area contributed by atoms with Crippen LogP contribution in [0.15, 0.2) is 36.4 Å². The smallest absolute Gasteiger partial charge is 0.282 e. The van der Waals surface area contributed by atoms with Gasteiger partial charge in [-0.05, 0) is 57.7 Å². The van der Waals surface area contributed by atoms with Crippen LogP contribution < -0.4 is 4.90 Å². The van der Waals surface area contributed by atoms with E-state index in [2.05, 4.69) is 4.98 Å². The molecule has 0 unspecified atom stereocenters. The molecule has 0 aliphatic carbocycles. The highest BCUT2D eigenvalue weighted by Gasteiger charge is 2.28. The fourth-order valence-electron chi connectivity index (χ4n) is 3.00. The van der Waals surface area contributed by atoms with Crippen LogP contribution in [0.2, 0.25) is 5.02 Å². The van der Waals surface area contributed by atoms with Gasteiger partial charge in [0.25, 0.3) is 11.6 Å². The average Bonchev–Trinajstić information content (AvgIpc) is 3.09. The van der Waals surface area contributed by atoms with Gasteiger partial charge < -0.3 is 4.90 Å². The number of anilines is 1. The Morgan fingerprint density at radius 3 is 2.66 bits per heavy atom. The molecule has 152 valence electrons. The molecule has 7 nitrogen and oxygen atoms in total. The molecule has 0 atom stereocenters. The van der Waals surface area contributed by atoms with Crippen molar-refractivity contribution in [1.82, 2.24) is 9.88 Å². The third-order valence-corrected chi connectivity index (χ3v) is 5.74. The third kappa shape index (κ3) is 4.72. The van der Waals surface area contributed by atoms with Gasteiger partial charge in [0.2, 0.25) is 0 Å². The first-order chi connectivity index (χ1) is 13.8. The zero-order valence-electron chi connectivity index (χ0n) is 16.4. The number of carbonyl (C=O) groups is 1. The quantitative estimate of drug-likeness (QED) is 0.397. The van der Waals surface area contributed by atoms with Crippen LogP contribution in [0.25, 0.3) is 10.2 Å². The van der Waals surface area contributed by atoms with Gasteiger partial charge in [-0.15, -0.1) is 0 Å². The fraction of sp³-hybridized carbons (Fsp3) is 0.300. The average molecular weight is 433 g/mol. The van der Waals surface area contributed by atoms with Gasteiger partial charge in [-0.1, -0.05) is 35.1 Å². The first-order valence-corrected chi connectivity index (χ1v) is 10.2. The molecule has 0 spiro atoms. The number of benzene rings is 2. The number of amides is 1. The van der Waals surface area contributed by atoms with Crippen molar-refractivity contribution in [2.45, 2.75) is 13.3 Å². The van der Waals surface area contributed by atoms with Crippen molar-refractivity contribution in [2.24, 2.45) is 0 Å². The predicted molar refractivity (Wildman–Crippen MR) is 117 cm³/mol. The van der Waals surface area contributed by atoms with Gasteiger partial charge in [0, 0.05) is 17.6 Å². The topological polar surface area (TPSA) is 79.6 Å². The number of aromatic nitrogens is 1. The first-order valence-electron chi connectivity index (χ1n) is 9.04. The number of hydrogen-bond acceptors (Lipinski definition) is 6. The summed E-state index contributed by atoms with van der Waals surface area (Å²) in [5.41, 5.74) is 1.54. The number of carbonyl (C=O) groups excluding carboxylic acids is 1. The van der Waals surface area contributed by atoms with Crippen LogP contribution in [-0.4, -0.2) is 47.9 Å². The molecular formula is C20H21ClN4O3S. The largest absolute Gasteiger partial charge is 0.309 e. The van der Waals surface area contributed by atoms with Crippen molar-refractivity contribution in [2.75, 3.05) is 32.1 Å². The van der Waals surface area contributed by atoms with E-state index in [-0.39, 0.29) is 16.3 Å². The number of rotatable bonds is 7. The van der Waals surface area contributed by atoms with Crippen LogP contribution in [0, 0.1) is 17.0 Å². The number of hydrogen-bond donors (Lipinski definition) is 0. The van der Waals surface area contributed by atoms with E-state index in [1.807, 2.05) is 44.1 Å². The highest BCUT2D eigenvalue weighted by atomic mass is 35.5. The lowest BCUT2D eigenvalue weighted by molar-refractivity contribution is -0.385. The Morgan fingerprint density at radius 1 is 1.24 bits per heavy atom. The third-order valence-electron chi connectivity index (χ3n) is 4.46. The number of nitro groups is 1. The highest BCUT2D eigenvalue weighted by molar-refractivity contribution is 7.22. The minimum Gasteiger partial charge on any atom is -0.309 e. The molecule has 0 saturated heterocycles. The molecule has 0 saturated carbocycles. The Kier molecular flexibility index (Phi) is 6.46. The summed E-state index contributed by atoms with van der Waals surface area (Å²) in [6.45, 7) is 3.12. The molecule has 3 aromatic rings. The minimum atomic E-state index is -0.565. The van der Waals surface area contributed by atoms with E-state index in [1.54, 1.807) is 0 Å². The van der Waals surface area contributed by atoms with Crippen LogP contribution in [0.1, 0.15) is 22.3 Å². The summed E-state index contributed by atoms with van der Waals surface area (Å²) in [5.74, 6) is -0.477. The van der Waals surface area contributed by atoms with Crippen LogP contribution in [0.5, 0.6) is 0 Å². The van der Waals surface area contributed by atoms with E-state index in [0.717, 1.165) is 22.3 Å². The number of para-hydroxylation sites is 1. The van der Waals surface area contributed by atoms with Gasteiger partial charge in [-0.25, -0.2) is 4.98 Å². The summed E-state index contributed by atoms with van der Waals surface area (Å²) >= 11 is 7.43. The number of nitro benzene ring substituents is 1. The Morgan fingerprint density at radius 2 is 2.00 bits per heavy atom. The van der Waals surface area contributed by atoms with Crippen LogP contribution in [0.4, 0.5) is 10.8 Å². The number of thiazole rings is 1. The Bertz CT molecular complexity index is 1070. The number of halogens is 1. The molecule has 0 aliphatic heterocycles. The van der Waals surface area contributed by atoms with Crippen molar-refractivity contribution in [3.05, 3.63) is 62.7 Å². The molecule has 1 aromatic heterocycles. The van der Waals surface area contributed by atoms with Gasteiger partial charge in [0.1, 0.15) is 5.56 Å². The SMILES string of the molecule is Cc1cccc2sc(N(CCCN(C)C)C(=O)c3cc(Cl)ccc3[N+](=O)[O-])nc12. The van der Waals surface area contributed by atoms with Gasteiger partial charge in [0.05, 0.1) is 15.1 Å². The van der Waals surface area contributed by atoms with Crippen molar-refractivity contribution in [1.29, 1.82) is 0 Å². The van der Waals surface area contributed by atoms with Crippen LogP contribution in [0.3, 0.4) is 0 Å². The normalized spacial score (nSPS) is 11.2. The molecule has 9 heteroatoms. The maximum absolute atomic E-state index is 13.4. The maximum Gasteiger partial charge on any atom is 0.282 e. The van der Waals surface area contributed by atoms with Crippen LogP contribution >= 0.6 is 22.9 Å². The molecule has 0 bridgehead atoms. The zero-order chi connectivity index (χ0) is 21.1. The summed E-state index contributed by atoms with van der Waals surface area (Å²) in [6.07, 6.45) is 0.696. The van der Waals surface area contributed by atoms with Crippen molar-refractivity contribution >= 4 is 49.9 Å². The summed E-state index contributed by atoms with van der Waals surface area (Å²) in [7, 11) is 3.91. The number of fused-ring (bicyclic) bond motifs is 1. The van der Waals surface area contributed by atoms with Crippen molar-refractivity contribution < 1.29 is 9.72 Å². The molecule has 0 fully saturated rings. The molecule has 0 N–H and O–H groups in total. The van der Waals surface area contributed by atoms with Crippen molar-refractivity contribution in [3.8, 4) is 0 Å². The standard InChI is InChI=1S/C20H21ClN4O3S/c1-13-6-4-7-17-18(13)22-20(29-17)24(11-5-10-23(2)3)19(26)15-12-14(21)8-9-16(15)25(27)28/h4,6-9,12H,5,10-11H2,1-3H3. The monoisotopic (exact) mass is 432 g/mol. The van der Waals surface area contributed by atoms with E-state index in [0.29, 0.717) is 18.1 Å². The fourth-order valence-corrected chi connectivity index (χ4v) is 4.24. The second kappa shape index (κ2) is 8.86. The lowest BCUT2D eigenvalue weighted by atomic mass is 10.1. The molecule has 0 aliphatic rings. The predicted octanol–water partition coefficient (Wildman–Crippen LogP) is 4.76. The summed E-state index contributed by atoms with van der Waals surface area (Å²) in [6, 6.07) is 9.88. The number of nitrogens with zero attached hydrogens (tertiary/aromatic N) is 4. The minimum absolute atomic E-state index is 0.0386. The second-order valence-corrected chi connectivity index (χ2v) is 8.40. The molecule has 2 aromatic carbocycles. The second-order valence-electron chi connectivity index (χ2n) is 6.95. The molecule has 29 heavy (non-hydrogen) atoms. The summed E-state index contributed by atoms with van der Waals surface area (Å²) in [5, 5.41) is 12.2. The zero-order valence-corrected chi connectivity index (χ0v) is 18.0. The van der Waals surface area contributed by atoms with E-state index in [9.17, 15) is 14.9 Å². The van der Waals surface area contributed by atoms with E-state index < -0.39 is 10.8 Å². The molecule has 0 radical (unpaired) electrons. The lowest BCUT2D eigenvalue weighted by Crippen LogP contribution is -2.33. The molecule has 1 heterocycles. The summed E-state index contributed by atoms with van der Waals surface area (Å²) < 4.78 is 0.964. The van der Waals surface area contributed by atoms with E-state index in [1.165, 1.54) is 34.4 Å². The Hall–Kier alpha value is -2.55. The van der Waals surface area contributed by atoms with Gasteiger partial charge >= 0.3 is 0 Å². The molecular weight excluding hydrogens is 412 g/mol. The summed E-state index contributed by atoms with van der Waals surface area (Å²) in [4.78, 5) is 32.5. The van der Waals surface area contributed by atoms with E-state index in [4.69, 9.17) is 11.6 Å². The highest BCUT2D eigenvalue weighted by Crippen LogP contribution is 2.33. The molecule has 3 rings (SSSR count). The Balaban J connectivity index is 2.05. The van der Waals surface area contributed by atoms with Crippen LogP contribution in [-0.2, 0) is 0 Å². The lowest BCUT2D eigenvalue weighted by Gasteiger charge is -2.21. The molecule has 1 amide bonds. The van der Waals surface area contributed by atoms with E-state index >= 15 is 0 Å². The van der Waals surface area contributed by atoms with Gasteiger partial charge in [-0.3, -0.25) is 19.8 Å². The number of aryl methyl sites for hydroxylation is 1. The van der Waals surface area contributed by atoms with Gasteiger partial charge in [0.15, 0.2) is 5.13 Å². The van der Waals surface area contributed by atoms with Crippen molar-refractivity contribution in [3.63, 3.8) is 0 Å². The van der Waals surface area contributed by atoms with Gasteiger partial charge in [-0.2, -0.15) is 0 Å². The first kappa shape index (κ1) is 21.2. The Labute approximate surface area is 177 Å². The maximum atomic E-state index is 13.4.